The van der Waals surface area contributed by atoms with Crippen LogP contribution in [0.4, 0.5) is 0 Å². The fourth-order valence-electron chi connectivity index (χ4n) is 0.754. The van der Waals surface area contributed by atoms with Crippen LogP contribution in [0.2, 0.25) is 0 Å². The number of hydrogen-bond acceptors (Lipinski definition) is 1. The smallest absolute Gasteiger partial charge is 0.0946 e. The van der Waals surface area contributed by atoms with Gasteiger partial charge in [0, 0.05) is 13.2 Å². The van der Waals surface area contributed by atoms with Crippen LogP contribution in [0.5, 0.6) is 0 Å². The van der Waals surface area contributed by atoms with Crippen LogP contribution in [-0.4, -0.2) is 9.55 Å². The van der Waals surface area contributed by atoms with Gasteiger partial charge in [-0.2, -0.15) is 0 Å². The van der Waals surface area contributed by atoms with E-state index >= 15 is 0 Å². The predicted octanol–water partition coefficient (Wildman–Crippen LogP) is 1.89. The predicted molar refractivity (Wildman–Crippen MR) is 42.0 cm³/mol. The molecule has 0 bridgehead atoms. The van der Waals surface area contributed by atoms with E-state index in [4.69, 9.17) is 11.6 Å². The van der Waals surface area contributed by atoms with Crippen molar-refractivity contribution in [3.63, 3.8) is 0 Å². The topological polar surface area (TPSA) is 17.8 Å². The van der Waals surface area contributed by atoms with Crippen LogP contribution in [0, 0.1) is 0 Å². The fourth-order valence-corrected chi connectivity index (χ4v) is 0.964. The van der Waals surface area contributed by atoms with Crippen LogP contribution in [0.1, 0.15) is 11.1 Å². The van der Waals surface area contributed by atoms with E-state index in [1.807, 2.05) is 11.6 Å². The van der Waals surface area contributed by atoms with E-state index in [1.165, 1.54) is 0 Å². The van der Waals surface area contributed by atoms with E-state index < -0.39 is 0 Å². The number of rotatable bonds is 2. The molecular formula is C7H9ClN2. The third-order valence-electron chi connectivity index (χ3n) is 1.34. The molecule has 1 aromatic rings. The summed E-state index contributed by atoms with van der Waals surface area (Å²) in [5.74, 6) is 0. The molecule has 0 fully saturated rings. The summed E-state index contributed by atoms with van der Waals surface area (Å²) in [5, 5.41) is -0.132. The summed E-state index contributed by atoms with van der Waals surface area (Å²) >= 11 is 5.86. The normalized spacial score (nSPS) is 13.0. The number of aryl methyl sites for hydroxylation is 1. The van der Waals surface area contributed by atoms with E-state index in [0.29, 0.717) is 0 Å². The van der Waals surface area contributed by atoms with Gasteiger partial charge in [0.1, 0.15) is 0 Å². The summed E-state index contributed by atoms with van der Waals surface area (Å²) in [4.78, 5) is 3.92. The van der Waals surface area contributed by atoms with Gasteiger partial charge in [0.15, 0.2) is 0 Å². The average molecular weight is 157 g/mol. The van der Waals surface area contributed by atoms with Crippen molar-refractivity contribution in [2.45, 2.75) is 5.38 Å². The van der Waals surface area contributed by atoms with Crippen LogP contribution < -0.4 is 0 Å². The Balaban J connectivity index is 2.92. The maximum Gasteiger partial charge on any atom is 0.0946 e. The van der Waals surface area contributed by atoms with Gasteiger partial charge >= 0.3 is 0 Å². The molecule has 0 N–H and O–H groups in total. The SMILES string of the molecule is C=CC(Cl)c1cncn1C. The third kappa shape index (κ3) is 1.21. The van der Waals surface area contributed by atoms with E-state index in [2.05, 4.69) is 11.6 Å². The lowest BCUT2D eigenvalue weighted by Crippen LogP contribution is -1.94. The van der Waals surface area contributed by atoms with Crippen molar-refractivity contribution in [3.8, 4) is 0 Å². The second kappa shape index (κ2) is 2.88. The van der Waals surface area contributed by atoms with Crippen LogP contribution in [-0.2, 0) is 7.05 Å². The maximum absolute atomic E-state index is 5.86. The molecule has 0 saturated carbocycles. The number of allylic oxidation sites excluding steroid dienone is 1. The van der Waals surface area contributed by atoms with E-state index in [-0.39, 0.29) is 5.38 Å². The Labute approximate surface area is 65.1 Å². The van der Waals surface area contributed by atoms with Gasteiger partial charge in [0.05, 0.1) is 17.4 Å². The van der Waals surface area contributed by atoms with Crippen molar-refractivity contribution in [1.29, 1.82) is 0 Å². The highest BCUT2D eigenvalue weighted by atomic mass is 35.5. The number of alkyl halides is 1. The van der Waals surface area contributed by atoms with Crippen molar-refractivity contribution in [2.24, 2.45) is 7.05 Å². The molecule has 0 aliphatic rings. The zero-order valence-corrected chi connectivity index (χ0v) is 6.54. The molecule has 1 aromatic heterocycles. The highest BCUT2D eigenvalue weighted by Crippen LogP contribution is 2.19. The zero-order chi connectivity index (χ0) is 7.56. The number of hydrogen-bond donors (Lipinski definition) is 0. The Bertz CT molecular complexity index is 229. The minimum absolute atomic E-state index is 0.132. The molecule has 0 radical (unpaired) electrons. The summed E-state index contributed by atoms with van der Waals surface area (Å²) in [6, 6.07) is 0. The van der Waals surface area contributed by atoms with Gasteiger partial charge in [-0.1, -0.05) is 6.08 Å². The summed E-state index contributed by atoms with van der Waals surface area (Å²) in [6.07, 6.45) is 5.13. The molecule has 1 atom stereocenters. The highest BCUT2D eigenvalue weighted by molar-refractivity contribution is 6.21. The minimum atomic E-state index is -0.132. The molecule has 0 aromatic carbocycles. The van der Waals surface area contributed by atoms with Crippen LogP contribution in [0.25, 0.3) is 0 Å². The largest absolute Gasteiger partial charge is 0.336 e. The first-order chi connectivity index (χ1) is 4.75. The van der Waals surface area contributed by atoms with Crippen LogP contribution in [0.3, 0.4) is 0 Å². The molecule has 1 rings (SSSR count). The molecule has 10 heavy (non-hydrogen) atoms. The minimum Gasteiger partial charge on any atom is -0.336 e. The van der Waals surface area contributed by atoms with Gasteiger partial charge in [-0.3, -0.25) is 0 Å². The summed E-state index contributed by atoms with van der Waals surface area (Å²) in [6.45, 7) is 3.58. The summed E-state index contributed by atoms with van der Waals surface area (Å²) in [5.41, 5.74) is 0.969. The second-order valence-electron chi connectivity index (χ2n) is 2.07. The summed E-state index contributed by atoms with van der Waals surface area (Å²) in [7, 11) is 1.90. The molecular weight excluding hydrogens is 148 g/mol. The Morgan fingerprint density at radius 1 is 1.90 bits per heavy atom. The van der Waals surface area contributed by atoms with Gasteiger partial charge in [0.25, 0.3) is 0 Å². The van der Waals surface area contributed by atoms with Gasteiger partial charge in [0.2, 0.25) is 0 Å². The quantitative estimate of drug-likeness (QED) is 0.472. The zero-order valence-electron chi connectivity index (χ0n) is 5.79. The first-order valence-corrected chi connectivity index (χ1v) is 3.42. The molecule has 2 nitrogen and oxygen atoms in total. The Morgan fingerprint density at radius 3 is 3.00 bits per heavy atom. The molecule has 0 spiro atoms. The van der Waals surface area contributed by atoms with E-state index in [0.717, 1.165) is 5.69 Å². The average Bonchev–Trinajstić information content (AvgIpc) is 2.34. The number of nitrogens with zero attached hydrogens (tertiary/aromatic N) is 2. The molecule has 1 heterocycles. The Kier molecular flexibility index (Phi) is 2.12. The number of imidazole rings is 1. The first-order valence-electron chi connectivity index (χ1n) is 2.98. The van der Waals surface area contributed by atoms with Crippen molar-refractivity contribution in [1.82, 2.24) is 9.55 Å². The second-order valence-corrected chi connectivity index (χ2v) is 2.54. The molecule has 0 amide bonds. The van der Waals surface area contributed by atoms with Gasteiger partial charge in [-0.05, 0) is 0 Å². The molecule has 0 aliphatic carbocycles. The molecule has 0 aliphatic heterocycles. The molecule has 54 valence electrons. The van der Waals surface area contributed by atoms with Gasteiger partial charge in [-0.15, -0.1) is 18.2 Å². The lowest BCUT2D eigenvalue weighted by Gasteiger charge is -2.02. The molecule has 0 saturated heterocycles. The number of halogens is 1. The van der Waals surface area contributed by atoms with Gasteiger partial charge in [-0.25, -0.2) is 4.98 Å². The molecule has 1 unspecified atom stereocenters. The van der Waals surface area contributed by atoms with E-state index in [9.17, 15) is 0 Å². The standard InChI is InChI=1S/C7H9ClN2/c1-3-6(8)7-4-9-5-10(7)2/h3-6H,1H2,2H3. The highest BCUT2D eigenvalue weighted by Gasteiger charge is 2.05. The third-order valence-corrected chi connectivity index (χ3v) is 1.75. The van der Waals surface area contributed by atoms with Crippen LogP contribution in [0.15, 0.2) is 25.2 Å². The lowest BCUT2D eigenvalue weighted by atomic mass is 10.3. The Morgan fingerprint density at radius 2 is 2.60 bits per heavy atom. The monoisotopic (exact) mass is 156 g/mol. The summed E-state index contributed by atoms with van der Waals surface area (Å²) < 4.78 is 1.87. The fraction of sp³-hybridized carbons (Fsp3) is 0.286. The van der Waals surface area contributed by atoms with Crippen molar-refractivity contribution >= 4 is 11.6 Å². The van der Waals surface area contributed by atoms with Crippen molar-refractivity contribution in [2.75, 3.05) is 0 Å². The van der Waals surface area contributed by atoms with Crippen molar-refractivity contribution < 1.29 is 0 Å². The van der Waals surface area contributed by atoms with Crippen LogP contribution >= 0.6 is 11.6 Å². The maximum atomic E-state index is 5.86. The van der Waals surface area contributed by atoms with Gasteiger partial charge < -0.3 is 4.57 Å². The number of aromatic nitrogens is 2. The van der Waals surface area contributed by atoms with E-state index in [1.54, 1.807) is 18.6 Å². The Hall–Kier alpha value is -0.760. The first kappa shape index (κ1) is 7.35. The van der Waals surface area contributed by atoms with Crippen molar-refractivity contribution in [3.05, 3.63) is 30.9 Å². The molecule has 3 heteroatoms. The lowest BCUT2D eigenvalue weighted by molar-refractivity contribution is 0.843.